The van der Waals surface area contributed by atoms with Gasteiger partial charge in [-0.3, -0.25) is 9.59 Å². The van der Waals surface area contributed by atoms with Gasteiger partial charge < -0.3 is 14.2 Å². The van der Waals surface area contributed by atoms with Gasteiger partial charge in [-0.2, -0.15) is 0 Å². The first-order valence-electron chi connectivity index (χ1n) is 8.08. The Morgan fingerprint density at radius 2 is 1.80 bits per heavy atom. The Balaban J connectivity index is 1.67. The average molecular weight is 362 g/mol. The van der Waals surface area contributed by atoms with Crippen LogP contribution in [0.4, 0.5) is 0 Å². The molecule has 2 fully saturated rings. The maximum atomic E-state index is 13.0. The van der Waals surface area contributed by atoms with E-state index in [-0.39, 0.29) is 29.0 Å². The van der Waals surface area contributed by atoms with Crippen LogP contribution in [-0.4, -0.2) is 76.1 Å². The van der Waals surface area contributed by atoms with E-state index >= 15 is 0 Å². The molecule has 0 aromatic carbocycles. The molecule has 132 valence electrons. The van der Waals surface area contributed by atoms with Crippen molar-refractivity contribution in [2.75, 3.05) is 24.6 Å². The normalized spacial score (nSPS) is 25.2. The van der Waals surface area contributed by atoms with Crippen LogP contribution in [0.25, 0.3) is 5.65 Å². The highest BCUT2D eigenvalue weighted by molar-refractivity contribution is 7.91. The number of pyridine rings is 1. The number of hydrogen-bond donors (Lipinski definition) is 0. The van der Waals surface area contributed by atoms with E-state index in [0.717, 1.165) is 0 Å². The van der Waals surface area contributed by atoms with Gasteiger partial charge in [0.05, 0.1) is 23.6 Å². The van der Waals surface area contributed by atoms with E-state index < -0.39 is 21.9 Å². The van der Waals surface area contributed by atoms with Crippen molar-refractivity contribution in [3.8, 4) is 0 Å². The lowest BCUT2D eigenvalue weighted by molar-refractivity contribution is -0.133. The van der Waals surface area contributed by atoms with Gasteiger partial charge in [0.15, 0.2) is 9.84 Å². The molecule has 0 bridgehead atoms. The third-order valence-corrected chi connectivity index (χ3v) is 6.62. The van der Waals surface area contributed by atoms with E-state index in [2.05, 4.69) is 4.98 Å². The number of nitrogens with zero attached hydrogens (tertiary/aromatic N) is 4. The van der Waals surface area contributed by atoms with Gasteiger partial charge in [0, 0.05) is 32.4 Å². The summed E-state index contributed by atoms with van der Waals surface area (Å²) in [6.07, 6.45) is 3.45. The Morgan fingerprint density at radius 3 is 2.48 bits per heavy atom. The number of rotatable bonds is 1. The quantitative estimate of drug-likeness (QED) is 0.701. The highest BCUT2D eigenvalue weighted by Gasteiger charge is 2.49. The van der Waals surface area contributed by atoms with Gasteiger partial charge in [0.25, 0.3) is 5.91 Å². The minimum absolute atomic E-state index is 0.0911. The molecule has 0 N–H and O–H groups in total. The molecule has 9 heteroatoms. The summed E-state index contributed by atoms with van der Waals surface area (Å²) >= 11 is 0. The summed E-state index contributed by atoms with van der Waals surface area (Å²) in [4.78, 5) is 32.3. The van der Waals surface area contributed by atoms with Crippen molar-refractivity contribution in [2.45, 2.75) is 19.0 Å². The van der Waals surface area contributed by atoms with Crippen molar-refractivity contribution in [1.82, 2.24) is 19.2 Å². The summed E-state index contributed by atoms with van der Waals surface area (Å²) in [5.74, 6) is -0.654. The zero-order chi connectivity index (χ0) is 17.8. The maximum absolute atomic E-state index is 13.0. The second-order valence-electron chi connectivity index (χ2n) is 6.51. The fraction of sp³-hybridized carbons (Fsp3) is 0.438. The molecule has 0 aliphatic carbocycles. The smallest absolute Gasteiger partial charge is 0.274 e. The monoisotopic (exact) mass is 362 g/mol. The van der Waals surface area contributed by atoms with Crippen LogP contribution in [0.1, 0.15) is 17.4 Å². The molecule has 0 unspecified atom stereocenters. The van der Waals surface area contributed by atoms with Crippen molar-refractivity contribution in [3.05, 3.63) is 36.3 Å². The van der Waals surface area contributed by atoms with Crippen LogP contribution < -0.4 is 0 Å². The highest BCUT2D eigenvalue weighted by atomic mass is 32.2. The SMILES string of the molecule is CC(=O)N1CCN(C(=O)c2cn3ccccc3n2)[C@H]2CS(=O)(=O)C[C@H]21. The minimum atomic E-state index is -3.28. The number of carbonyl (C=O) groups excluding carboxylic acids is 2. The highest BCUT2D eigenvalue weighted by Crippen LogP contribution is 2.28. The van der Waals surface area contributed by atoms with Crippen molar-refractivity contribution in [1.29, 1.82) is 0 Å². The van der Waals surface area contributed by atoms with E-state index in [1.165, 1.54) is 6.92 Å². The zero-order valence-corrected chi connectivity index (χ0v) is 14.5. The Bertz CT molecular complexity index is 934. The van der Waals surface area contributed by atoms with Crippen LogP contribution in [0.5, 0.6) is 0 Å². The number of imidazole rings is 1. The lowest BCUT2D eigenvalue weighted by atomic mass is 10.0. The van der Waals surface area contributed by atoms with Gasteiger partial charge >= 0.3 is 0 Å². The van der Waals surface area contributed by atoms with Gasteiger partial charge in [0.2, 0.25) is 5.91 Å². The van der Waals surface area contributed by atoms with Crippen LogP contribution in [0.2, 0.25) is 0 Å². The van der Waals surface area contributed by atoms with Crippen LogP contribution in [-0.2, 0) is 14.6 Å². The Morgan fingerprint density at radius 1 is 1.12 bits per heavy atom. The van der Waals surface area contributed by atoms with Crippen LogP contribution in [0.15, 0.2) is 30.6 Å². The number of fused-ring (bicyclic) bond motifs is 2. The van der Waals surface area contributed by atoms with Crippen molar-refractivity contribution >= 4 is 27.3 Å². The molecule has 2 aliphatic rings. The predicted octanol–water partition coefficient (Wildman–Crippen LogP) is -0.196. The van der Waals surface area contributed by atoms with Gasteiger partial charge in [-0.05, 0) is 12.1 Å². The fourth-order valence-corrected chi connectivity index (χ4v) is 5.76. The second-order valence-corrected chi connectivity index (χ2v) is 8.67. The number of carbonyl (C=O) groups is 2. The van der Waals surface area contributed by atoms with E-state index in [1.54, 1.807) is 32.7 Å². The lowest BCUT2D eigenvalue weighted by Gasteiger charge is -2.43. The maximum Gasteiger partial charge on any atom is 0.274 e. The fourth-order valence-electron chi connectivity index (χ4n) is 3.78. The van der Waals surface area contributed by atoms with E-state index in [1.807, 2.05) is 12.1 Å². The van der Waals surface area contributed by atoms with Crippen LogP contribution >= 0.6 is 0 Å². The summed E-state index contributed by atoms with van der Waals surface area (Å²) in [5.41, 5.74) is 0.939. The van der Waals surface area contributed by atoms with E-state index in [4.69, 9.17) is 0 Å². The third-order valence-electron chi connectivity index (χ3n) is 4.92. The standard InChI is InChI=1S/C16H18N4O4S/c1-11(21)19-6-7-20(14-10-25(23,24)9-13(14)19)16(22)12-8-18-5-3-2-4-15(18)17-12/h2-5,8,13-14H,6-7,9-10H2,1H3/t13-,14+/m1/s1. The molecule has 2 saturated heterocycles. The topological polar surface area (TPSA) is 92.1 Å². The van der Waals surface area contributed by atoms with Crippen LogP contribution in [0.3, 0.4) is 0 Å². The molecule has 25 heavy (non-hydrogen) atoms. The molecule has 4 heterocycles. The van der Waals surface area contributed by atoms with E-state index in [9.17, 15) is 18.0 Å². The Labute approximate surface area is 145 Å². The summed E-state index contributed by atoms with van der Waals surface area (Å²) in [6, 6.07) is 4.49. The van der Waals surface area contributed by atoms with Gasteiger partial charge in [0.1, 0.15) is 11.3 Å². The predicted molar refractivity (Wildman–Crippen MR) is 89.8 cm³/mol. The van der Waals surface area contributed by atoms with Gasteiger partial charge in [-0.25, -0.2) is 13.4 Å². The first kappa shape index (κ1) is 16.1. The van der Waals surface area contributed by atoms with Crippen molar-refractivity contribution in [3.63, 3.8) is 0 Å². The molecular formula is C16H18N4O4S. The lowest BCUT2D eigenvalue weighted by Crippen LogP contribution is -2.61. The summed E-state index contributed by atoms with van der Waals surface area (Å²) in [6.45, 7) is 2.08. The molecule has 4 rings (SSSR count). The van der Waals surface area contributed by atoms with Gasteiger partial charge in [-0.15, -0.1) is 0 Å². The van der Waals surface area contributed by atoms with Crippen LogP contribution in [0, 0.1) is 0 Å². The zero-order valence-electron chi connectivity index (χ0n) is 13.7. The molecule has 2 amide bonds. The number of aromatic nitrogens is 2. The molecular weight excluding hydrogens is 344 g/mol. The molecule has 0 spiro atoms. The minimum Gasteiger partial charge on any atom is -0.335 e. The number of piperazine rings is 1. The van der Waals surface area contributed by atoms with E-state index in [0.29, 0.717) is 18.7 Å². The Hall–Kier alpha value is -2.42. The first-order valence-corrected chi connectivity index (χ1v) is 9.90. The third kappa shape index (κ3) is 2.68. The van der Waals surface area contributed by atoms with Gasteiger partial charge in [-0.1, -0.05) is 6.07 Å². The Kier molecular flexibility index (Phi) is 3.57. The first-order chi connectivity index (χ1) is 11.9. The molecule has 8 nitrogen and oxygen atoms in total. The summed E-state index contributed by atoms with van der Waals surface area (Å²) < 4.78 is 26.0. The number of amides is 2. The number of hydrogen-bond acceptors (Lipinski definition) is 5. The largest absolute Gasteiger partial charge is 0.335 e. The molecule has 2 aromatic rings. The molecule has 2 aromatic heterocycles. The average Bonchev–Trinajstić information content (AvgIpc) is 3.12. The summed E-state index contributed by atoms with van der Waals surface area (Å²) in [7, 11) is -3.28. The number of sulfone groups is 1. The molecule has 2 aliphatic heterocycles. The van der Waals surface area contributed by atoms with Crippen molar-refractivity contribution in [2.24, 2.45) is 0 Å². The second kappa shape index (κ2) is 5.55. The molecule has 2 atom stereocenters. The molecule has 0 saturated carbocycles. The summed E-state index contributed by atoms with van der Waals surface area (Å²) in [5, 5.41) is 0. The molecule has 0 radical (unpaired) electrons. The van der Waals surface area contributed by atoms with Crippen molar-refractivity contribution < 1.29 is 18.0 Å².